The first kappa shape index (κ1) is 13.9. The Balaban J connectivity index is 2.29. The van der Waals surface area contributed by atoms with E-state index in [4.69, 9.17) is 0 Å². The zero-order valence-corrected chi connectivity index (χ0v) is 13.7. The Labute approximate surface area is 119 Å². The standard InChI is InChI=1S/C10H14BrNO2S3/c1-7-5-9(16-10(7)11)17(13,14)12-3-4-15-8(2)6-12/h5,8H,3-4,6H2,1-2H3. The minimum absolute atomic E-state index is 0.378. The Morgan fingerprint density at radius 1 is 1.53 bits per heavy atom. The van der Waals surface area contributed by atoms with E-state index in [0.717, 1.165) is 15.1 Å². The Morgan fingerprint density at radius 2 is 2.24 bits per heavy atom. The first-order valence-corrected chi connectivity index (χ1v) is 9.39. The van der Waals surface area contributed by atoms with Crippen LogP contribution < -0.4 is 0 Å². The third kappa shape index (κ3) is 2.89. The molecule has 3 nitrogen and oxygen atoms in total. The average molecular weight is 356 g/mol. The van der Waals surface area contributed by atoms with E-state index >= 15 is 0 Å². The minimum atomic E-state index is -3.29. The number of halogens is 1. The number of hydrogen-bond donors (Lipinski definition) is 0. The first-order valence-electron chi connectivity index (χ1n) is 5.29. The predicted octanol–water partition coefficient (Wildman–Crippen LogP) is 2.95. The second-order valence-electron chi connectivity index (χ2n) is 4.07. The lowest BCUT2D eigenvalue weighted by Gasteiger charge is -2.29. The highest BCUT2D eigenvalue weighted by molar-refractivity contribution is 9.11. The van der Waals surface area contributed by atoms with Crippen LogP contribution in [0.15, 0.2) is 14.1 Å². The molecule has 1 aromatic heterocycles. The van der Waals surface area contributed by atoms with Gasteiger partial charge in [0, 0.05) is 24.1 Å². The van der Waals surface area contributed by atoms with Crippen molar-refractivity contribution in [2.24, 2.45) is 0 Å². The van der Waals surface area contributed by atoms with Crippen molar-refractivity contribution in [1.29, 1.82) is 0 Å². The number of hydrogen-bond acceptors (Lipinski definition) is 4. The SMILES string of the molecule is Cc1cc(S(=O)(=O)N2CCSC(C)C2)sc1Br. The highest BCUT2D eigenvalue weighted by atomic mass is 79.9. The molecule has 0 N–H and O–H groups in total. The normalized spacial score (nSPS) is 22.9. The fraction of sp³-hybridized carbons (Fsp3) is 0.600. The Bertz CT molecular complexity index is 492. The molecule has 2 heterocycles. The third-order valence-corrected chi connectivity index (χ3v) is 8.22. The molecule has 0 aromatic carbocycles. The van der Waals surface area contributed by atoms with Gasteiger partial charge in [0.15, 0.2) is 0 Å². The number of aryl methyl sites for hydroxylation is 1. The third-order valence-electron chi connectivity index (χ3n) is 2.63. The van der Waals surface area contributed by atoms with Crippen LogP contribution in [0.25, 0.3) is 0 Å². The van der Waals surface area contributed by atoms with Crippen molar-refractivity contribution >= 4 is 49.1 Å². The van der Waals surface area contributed by atoms with Crippen molar-refractivity contribution in [3.63, 3.8) is 0 Å². The van der Waals surface area contributed by atoms with E-state index < -0.39 is 10.0 Å². The molecule has 0 amide bonds. The summed E-state index contributed by atoms with van der Waals surface area (Å²) in [5.41, 5.74) is 0.980. The molecule has 1 aromatic rings. The van der Waals surface area contributed by atoms with E-state index in [1.807, 2.05) is 18.7 Å². The molecule has 0 aliphatic carbocycles. The van der Waals surface area contributed by atoms with Gasteiger partial charge >= 0.3 is 0 Å². The monoisotopic (exact) mass is 355 g/mol. The smallest absolute Gasteiger partial charge is 0.206 e. The van der Waals surface area contributed by atoms with E-state index in [1.54, 1.807) is 10.4 Å². The Kier molecular flexibility index (Phi) is 4.24. The summed E-state index contributed by atoms with van der Waals surface area (Å²) in [4.78, 5) is 0. The van der Waals surface area contributed by atoms with E-state index in [9.17, 15) is 8.42 Å². The van der Waals surface area contributed by atoms with E-state index in [1.165, 1.54) is 11.3 Å². The summed E-state index contributed by atoms with van der Waals surface area (Å²) >= 11 is 6.50. The molecule has 0 spiro atoms. The van der Waals surface area contributed by atoms with Crippen LogP contribution in [0, 0.1) is 6.92 Å². The average Bonchev–Trinajstić information content (AvgIpc) is 2.60. The Morgan fingerprint density at radius 3 is 2.76 bits per heavy atom. The highest BCUT2D eigenvalue weighted by Gasteiger charge is 2.30. The van der Waals surface area contributed by atoms with Crippen LogP contribution >= 0.6 is 39.0 Å². The van der Waals surface area contributed by atoms with Crippen LogP contribution in [-0.4, -0.2) is 36.8 Å². The zero-order chi connectivity index (χ0) is 12.6. The summed E-state index contributed by atoms with van der Waals surface area (Å²) in [5.74, 6) is 0.881. The molecule has 96 valence electrons. The van der Waals surface area contributed by atoms with Crippen LogP contribution in [0.5, 0.6) is 0 Å². The lowest BCUT2D eigenvalue weighted by molar-refractivity contribution is 0.425. The molecular weight excluding hydrogens is 342 g/mol. The minimum Gasteiger partial charge on any atom is -0.206 e. The number of thioether (sulfide) groups is 1. The maximum atomic E-state index is 12.4. The molecule has 1 fully saturated rings. The van der Waals surface area contributed by atoms with Gasteiger partial charge in [-0.2, -0.15) is 16.1 Å². The lowest BCUT2D eigenvalue weighted by Crippen LogP contribution is -2.40. The first-order chi connectivity index (χ1) is 7.91. The van der Waals surface area contributed by atoms with Crippen LogP contribution in [0.2, 0.25) is 0 Å². The molecule has 1 saturated heterocycles. The molecule has 1 aliphatic rings. The fourth-order valence-corrected chi connectivity index (χ4v) is 6.82. The second kappa shape index (κ2) is 5.21. The van der Waals surface area contributed by atoms with Crippen LogP contribution in [-0.2, 0) is 10.0 Å². The zero-order valence-electron chi connectivity index (χ0n) is 9.64. The molecule has 0 saturated carbocycles. The second-order valence-corrected chi connectivity index (χ2v) is 10.1. The summed E-state index contributed by atoms with van der Waals surface area (Å²) in [6.45, 7) is 5.21. The van der Waals surface area contributed by atoms with Gasteiger partial charge in [0.1, 0.15) is 4.21 Å². The lowest BCUT2D eigenvalue weighted by atomic mass is 10.4. The van der Waals surface area contributed by atoms with Gasteiger partial charge in [-0.1, -0.05) is 6.92 Å². The molecule has 1 aliphatic heterocycles. The summed E-state index contributed by atoms with van der Waals surface area (Å²) in [7, 11) is -3.29. The van der Waals surface area contributed by atoms with Gasteiger partial charge in [-0.15, -0.1) is 11.3 Å². The van der Waals surface area contributed by atoms with Gasteiger partial charge in [-0.05, 0) is 34.5 Å². The fourth-order valence-electron chi connectivity index (χ4n) is 1.69. The number of sulfonamides is 1. The van der Waals surface area contributed by atoms with Crippen LogP contribution in [0.3, 0.4) is 0 Å². The number of nitrogens with zero attached hydrogens (tertiary/aromatic N) is 1. The van der Waals surface area contributed by atoms with Gasteiger partial charge in [0.05, 0.1) is 3.79 Å². The van der Waals surface area contributed by atoms with E-state index in [-0.39, 0.29) is 0 Å². The largest absolute Gasteiger partial charge is 0.252 e. The van der Waals surface area contributed by atoms with Crippen molar-refractivity contribution in [2.45, 2.75) is 23.3 Å². The Hall–Kier alpha value is 0.440. The van der Waals surface area contributed by atoms with Crippen molar-refractivity contribution < 1.29 is 8.42 Å². The summed E-state index contributed by atoms with van der Waals surface area (Å²) in [5, 5.41) is 0.378. The molecular formula is C10H14BrNO2S3. The predicted molar refractivity (Wildman–Crippen MR) is 77.4 cm³/mol. The quantitative estimate of drug-likeness (QED) is 0.818. The van der Waals surface area contributed by atoms with Crippen molar-refractivity contribution in [1.82, 2.24) is 4.31 Å². The van der Waals surface area contributed by atoms with Crippen molar-refractivity contribution in [3.05, 3.63) is 15.4 Å². The van der Waals surface area contributed by atoms with Gasteiger partial charge in [0.25, 0.3) is 10.0 Å². The van der Waals surface area contributed by atoms with Crippen LogP contribution in [0.1, 0.15) is 12.5 Å². The molecule has 7 heteroatoms. The van der Waals surface area contributed by atoms with Crippen molar-refractivity contribution in [2.75, 3.05) is 18.8 Å². The number of rotatable bonds is 2. The highest BCUT2D eigenvalue weighted by Crippen LogP contribution is 2.33. The van der Waals surface area contributed by atoms with Crippen LogP contribution in [0.4, 0.5) is 0 Å². The molecule has 17 heavy (non-hydrogen) atoms. The molecule has 0 bridgehead atoms. The van der Waals surface area contributed by atoms with Gasteiger partial charge in [-0.25, -0.2) is 8.42 Å². The topological polar surface area (TPSA) is 37.4 Å². The van der Waals surface area contributed by atoms with Gasteiger partial charge < -0.3 is 0 Å². The van der Waals surface area contributed by atoms with Gasteiger partial charge in [0.2, 0.25) is 0 Å². The number of thiophene rings is 1. The maximum absolute atomic E-state index is 12.4. The van der Waals surface area contributed by atoms with E-state index in [0.29, 0.717) is 22.5 Å². The molecule has 1 unspecified atom stereocenters. The summed E-state index contributed by atoms with van der Waals surface area (Å²) in [6.07, 6.45) is 0. The molecule has 2 rings (SSSR count). The summed E-state index contributed by atoms with van der Waals surface area (Å²) < 4.78 is 27.8. The van der Waals surface area contributed by atoms with Crippen molar-refractivity contribution in [3.8, 4) is 0 Å². The van der Waals surface area contributed by atoms with Gasteiger partial charge in [-0.3, -0.25) is 0 Å². The van der Waals surface area contributed by atoms with E-state index in [2.05, 4.69) is 22.9 Å². The summed E-state index contributed by atoms with van der Waals surface area (Å²) in [6, 6.07) is 1.75. The molecule has 0 radical (unpaired) electrons. The molecule has 1 atom stereocenters. The maximum Gasteiger partial charge on any atom is 0.252 e.